The number of nitrogens with zero attached hydrogens (tertiary/aromatic N) is 1. The lowest BCUT2D eigenvalue weighted by atomic mass is 9.75. The molecule has 1 atom stereocenters. The van der Waals surface area contributed by atoms with Crippen LogP contribution < -0.4 is 10.2 Å². The van der Waals surface area contributed by atoms with Crippen LogP contribution in [0.2, 0.25) is 0 Å². The van der Waals surface area contributed by atoms with Gasteiger partial charge in [-0.2, -0.15) is 9.65 Å². The molecule has 1 aliphatic rings. The number of fused-ring (bicyclic) bond motifs is 1. The predicted molar refractivity (Wildman–Crippen MR) is 96.9 cm³/mol. The van der Waals surface area contributed by atoms with Crippen LogP contribution in [0.15, 0.2) is 24.3 Å². The summed E-state index contributed by atoms with van der Waals surface area (Å²) < 4.78 is 49.2. The molecular weight excluding hydrogens is 355 g/mol. The van der Waals surface area contributed by atoms with Crippen molar-refractivity contribution < 1.29 is 27.6 Å². The predicted octanol–water partition coefficient (Wildman–Crippen LogP) is 3.43. The molecule has 142 valence electrons. The zero-order valence-electron chi connectivity index (χ0n) is 15.8. The van der Waals surface area contributed by atoms with Gasteiger partial charge in [-0.05, 0) is 68.2 Å². The normalized spacial score (nSPS) is 19.1. The minimum Gasteiger partial charge on any atom is -0.438 e. The Morgan fingerprint density at radius 3 is 2.30 bits per heavy atom. The maximum absolute atomic E-state index is 13.9. The van der Waals surface area contributed by atoms with Crippen LogP contribution in [-0.2, 0) is 14.0 Å². The molecule has 27 heavy (non-hydrogen) atoms. The molecule has 3 rings (SSSR count). The summed E-state index contributed by atoms with van der Waals surface area (Å²) in [6, 6.07) is 7.35. The van der Waals surface area contributed by atoms with Crippen molar-refractivity contribution in [3.63, 3.8) is 0 Å². The third-order valence-electron chi connectivity index (χ3n) is 5.06. The number of ether oxygens (including phenoxy) is 2. The molecule has 0 radical (unpaired) electrons. The lowest BCUT2D eigenvalue weighted by Crippen LogP contribution is -2.41. The fourth-order valence-corrected chi connectivity index (χ4v) is 2.95. The van der Waals surface area contributed by atoms with E-state index in [1.807, 2.05) is 33.8 Å². The van der Waals surface area contributed by atoms with Crippen LogP contribution in [0.25, 0.3) is 10.8 Å². The third kappa shape index (κ3) is 3.50. The van der Waals surface area contributed by atoms with Gasteiger partial charge in [0.15, 0.2) is 0 Å². The van der Waals surface area contributed by atoms with Crippen LogP contribution in [0.5, 0.6) is 5.75 Å². The van der Waals surface area contributed by atoms with Gasteiger partial charge in [0.25, 0.3) is 0 Å². The average Bonchev–Trinajstić information content (AvgIpc) is 2.80. The number of benzene rings is 2. The van der Waals surface area contributed by atoms with Crippen molar-refractivity contribution in [3.05, 3.63) is 35.6 Å². The van der Waals surface area contributed by atoms with Crippen LogP contribution in [0.3, 0.4) is 0 Å². The summed E-state index contributed by atoms with van der Waals surface area (Å²) in [5.41, 5.74) is -0.656. The molecule has 0 spiro atoms. The van der Waals surface area contributed by atoms with Gasteiger partial charge < -0.3 is 18.8 Å². The largest absolute Gasteiger partial charge is 0.495 e. The number of halogens is 2. The van der Waals surface area contributed by atoms with E-state index in [1.165, 1.54) is 18.2 Å². The van der Waals surface area contributed by atoms with E-state index < -0.39 is 30.7 Å². The van der Waals surface area contributed by atoms with E-state index in [0.717, 1.165) is 13.2 Å². The molecule has 0 aliphatic carbocycles. The Labute approximate surface area is 156 Å². The van der Waals surface area contributed by atoms with Crippen molar-refractivity contribution in [3.8, 4) is 11.8 Å². The van der Waals surface area contributed by atoms with E-state index in [0.29, 0.717) is 16.2 Å². The number of alkyl halides is 1. The standard InChI is InChI=1S/C19H20BF2NO4/c1-18(2)19(3,4)27-20(26-18)15-9-14(25-17(22)24-5)8-11-6-13(21)7-12(10-23)16(11)15/h6-9,17H,1-5H3. The van der Waals surface area contributed by atoms with E-state index in [2.05, 4.69) is 4.74 Å². The second-order valence-corrected chi connectivity index (χ2v) is 7.39. The van der Waals surface area contributed by atoms with Crippen molar-refractivity contribution in [1.82, 2.24) is 0 Å². The topological polar surface area (TPSA) is 60.7 Å². The fraction of sp³-hybridized carbons (Fsp3) is 0.421. The van der Waals surface area contributed by atoms with Crippen LogP contribution in [0, 0.1) is 17.1 Å². The molecule has 0 aromatic heterocycles. The van der Waals surface area contributed by atoms with Gasteiger partial charge >= 0.3 is 13.7 Å². The maximum atomic E-state index is 13.9. The van der Waals surface area contributed by atoms with Gasteiger partial charge in [0.2, 0.25) is 0 Å². The Hall–Kier alpha value is -2.21. The van der Waals surface area contributed by atoms with Crippen LogP contribution in [0.1, 0.15) is 33.3 Å². The lowest BCUT2D eigenvalue weighted by Gasteiger charge is -2.32. The zero-order chi connectivity index (χ0) is 20.0. The molecule has 0 N–H and O–H groups in total. The molecule has 2 aromatic rings. The number of nitriles is 1. The Bertz CT molecular complexity index is 910. The summed E-state index contributed by atoms with van der Waals surface area (Å²) in [5, 5.41) is 10.3. The van der Waals surface area contributed by atoms with Crippen molar-refractivity contribution in [2.75, 3.05) is 7.11 Å². The number of methoxy groups -OCH3 is 1. The number of hydrogen-bond acceptors (Lipinski definition) is 5. The van der Waals surface area contributed by atoms with Crippen molar-refractivity contribution in [2.45, 2.75) is 45.4 Å². The van der Waals surface area contributed by atoms with E-state index in [1.54, 1.807) is 0 Å². The molecule has 2 aromatic carbocycles. The summed E-state index contributed by atoms with van der Waals surface area (Å²) in [7, 11) is 0.327. The molecule has 8 heteroatoms. The molecule has 1 aliphatic heterocycles. The quantitative estimate of drug-likeness (QED) is 0.605. The highest BCUT2D eigenvalue weighted by Crippen LogP contribution is 2.38. The van der Waals surface area contributed by atoms with Gasteiger partial charge in [-0.3, -0.25) is 0 Å². The maximum Gasteiger partial charge on any atom is 0.495 e. The molecule has 1 unspecified atom stereocenters. The number of rotatable bonds is 4. The second-order valence-electron chi connectivity index (χ2n) is 7.39. The van der Waals surface area contributed by atoms with Gasteiger partial charge in [0.05, 0.1) is 22.8 Å². The van der Waals surface area contributed by atoms with Crippen molar-refractivity contribution >= 4 is 23.4 Å². The highest BCUT2D eigenvalue weighted by Gasteiger charge is 2.52. The Balaban J connectivity index is 2.21. The van der Waals surface area contributed by atoms with Gasteiger partial charge in [0.1, 0.15) is 11.6 Å². The molecule has 1 saturated heterocycles. The summed E-state index contributed by atoms with van der Waals surface area (Å²) >= 11 is 0. The van der Waals surface area contributed by atoms with E-state index in [9.17, 15) is 14.0 Å². The molecule has 0 bridgehead atoms. The molecule has 0 saturated carbocycles. The smallest absolute Gasteiger partial charge is 0.438 e. The summed E-state index contributed by atoms with van der Waals surface area (Å²) in [6.45, 7) is 5.58. The minimum absolute atomic E-state index is 0.107. The highest BCUT2D eigenvalue weighted by molar-refractivity contribution is 6.65. The highest BCUT2D eigenvalue weighted by atomic mass is 19.2. The van der Waals surface area contributed by atoms with Crippen LogP contribution in [0.4, 0.5) is 8.78 Å². The van der Waals surface area contributed by atoms with E-state index >= 15 is 0 Å². The Morgan fingerprint density at radius 2 is 1.74 bits per heavy atom. The number of hydrogen-bond donors (Lipinski definition) is 0. The third-order valence-corrected chi connectivity index (χ3v) is 5.06. The molecule has 1 heterocycles. The van der Waals surface area contributed by atoms with E-state index in [4.69, 9.17) is 14.0 Å². The van der Waals surface area contributed by atoms with Crippen molar-refractivity contribution in [2.24, 2.45) is 0 Å². The SMILES string of the molecule is COC(F)Oc1cc(B2OC(C)(C)C(C)(C)O2)c2c(C#N)cc(F)cc2c1. The van der Waals surface area contributed by atoms with Crippen LogP contribution >= 0.6 is 0 Å². The van der Waals surface area contributed by atoms with Gasteiger partial charge in [-0.25, -0.2) is 4.39 Å². The Morgan fingerprint density at radius 1 is 1.11 bits per heavy atom. The van der Waals surface area contributed by atoms with Crippen LogP contribution in [-0.4, -0.2) is 32.0 Å². The second kappa shape index (κ2) is 6.75. The summed E-state index contributed by atoms with van der Waals surface area (Å²) in [6.07, 6.45) is 0. The summed E-state index contributed by atoms with van der Waals surface area (Å²) in [4.78, 5) is 0. The van der Waals surface area contributed by atoms with Crippen molar-refractivity contribution in [1.29, 1.82) is 5.26 Å². The molecule has 5 nitrogen and oxygen atoms in total. The summed E-state index contributed by atoms with van der Waals surface area (Å²) in [5.74, 6) is -0.476. The first-order valence-corrected chi connectivity index (χ1v) is 8.44. The first kappa shape index (κ1) is 19.6. The lowest BCUT2D eigenvalue weighted by molar-refractivity contribution is -0.145. The van der Waals surface area contributed by atoms with E-state index in [-0.39, 0.29) is 11.3 Å². The average molecular weight is 375 g/mol. The Kier molecular flexibility index (Phi) is 4.89. The zero-order valence-corrected chi connectivity index (χ0v) is 15.8. The fourth-order valence-electron chi connectivity index (χ4n) is 2.95. The monoisotopic (exact) mass is 375 g/mol. The molecule has 1 fully saturated rings. The first-order valence-electron chi connectivity index (χ1n) is 8.44. The minimum atomic E-state index is -1.99. The van der Waals surface area contributed by atoms with Gasteiger partial charge in [-0.15, -0.1) is 0 Å². The first-order chi connectivity index (χ1) is 12.6. The molecular formula is C19H20BF2NO4. The van der Waals surface area contributed by atoms with Gasteiger partial charge in [0, 0.05) is 7.11 Å². The van der Waals surface area contributed by atoms with Gasteiger partial charge in [-0.1, -0.05) is 0 Å². The molecule has 0 amide bonds.